The van der Waals surface area contributed by atoms with E-state index >= 15 is 0 Å². The molecule has 0 unspecified atom stereocenters. The summed E-state index contributed by atoms with van der Waals surface area (Å²) in [6.07, 6.45) is 11.9. The second-order valence-corrected chi connectivity index (χ2v) is 16.4. The van der Waals surface area contributed by atoms with Gasteiger partial charge in [0.15, 0.2) is 11.5 Å². The molecule has 3 aromatic carbocycles. The van der Waals surface area contributed by atoms with Gasteiger partial charge >= 0.3 is 0 Å². The molecule has 0 bridgehead atoms. The van der Waals surface area contributed by atoms with Crippen LogP contribution in [0, 0.1) is 17.8 Å². The summed E-state index contributed by atoms with van der Waals surface area (Å²) in [7, 11) is 0. The van der Waals surface area contributed by atoms with Crippen molar-refractivity contribution in [1.29, 1.82) is 0 Å². The third kappa shape index (κ3) is 8.87. The number of fused-ring (bicyclic) bond motifs is 3. The van der Waals surface area contributed by atoms with Crippen LogP contribution in [0.4, 0.5) is 0 Å². The normalized spacial score (nSPS) is 24.4. The number of allylic oxidation sites excluding steroid dienone is 1. The van der Waals surface area contributed by atoms with Crippen LogP contribution in [-0.4, -0.2) is 84.6 Å². The molecule has 2 heterocycles. The van der Waals surface area contributed by atoms with Crippen LogP contribution in [-0.2, 0) is 9.57 Å². The lowest BCUT2D eigenvalue weighted by molar-refractivity contribution is -0.254. The van der Waals surface area contributed by atoms with Crippen LogP contribution in [0.3, 0.4) is 0 Å². The summed E-state index contributed by atoms with van der Waals surface area (Å²) in [5.74, 6) is 1.32. The van der Waals surface area contributed by atoms with Crippen molar-refractivity contribution in [3.8, 4) is 28.7 Å². The van der Waals surface area contributed by atoms with E-state index in [2.05, 4.69) is 25.6 Å². The molecule has 1 fully saturated rings. The Bertz CT molecular complexity index is 1990. The molecule has 1 amide bonds. The van der Waals surface area contributed by atoms with Crippen LogP contribution in [0.25, 0.3) is 0 Å². The van der Waals surface area contributed by atoms with Gasteiger partial charge in [-0.15, -0.1) is 18.3 Å². The average Bonchev–Trinajstić information content (AvgIpc) is 3.74. The van der Waals surface area contributed by atoms with E-state index in [0.717, 1.165) is 53.2 Å². The van der Waals surface area contributed by atoms with Crippen molar-refractivity contribution in [3.63, 3.8) is 0 Å². The van der Waals surface area contributed by atoms with Crippen molar-refractivity contribution < 1.29 is 43.5 Å². The van der Waals surface area contributed by atoms with Gasteiger partial charge in [-0.05, 0) is 123 Å². The number of carbonyl (C=O) groups excluding carboxylic acids is 1. The Hall–Kier alpha value is -4.49. The third-order valence-corrected chi connectivity index (χ3v) is 12.7. The van der Waals surface area contributed by atoms with E-state index in [-0.39, 0.29) is 50.3 Å². The van der Waals surface area contributed by atoms with Crippen molar-refractivity contribution >= 4 is 23.4 Å². The van der Waals surface area contributed by atoms with Gasteiger partial charge in [-0.3, -0.25) is 4.79 Å². The highest BCUT2D eigenvalue weighted by Gasteiger charge is 2.65. The molecule has 12 heteroatoms. The zero-order valence-corrected chi connectivity index (χ0v) is 35.3. The molecular formula is C47H58N2O9S. The van der Waals surface area contributed by atoms with E-state index in [1.54, 1.807) is 36.0 Å². The number of amides is 1. The molecule has 2 N–H and O–H groups in total. The Morgan fingerprint density at radius 3 is 2.44 bits per heavy atom. The highest BCUT2D eigenvalue weighted by molar-refractivity contribution is 7.98. The summed E-state index contributed by atoms with van der Waals surface area (Å²) in [6.45, 7) is 9.35. The monoisotopic (exact) mass is 826 g/mol. The fourth-order valence-corrected chi connectivity index (χ4v) is 9.88. The number of aliphatic hydroxyl groups excluding tert-OH is 2. The summed E-state index contributed by atoms with van der Waals surface area (Å²) in [6, 6.07) is 18.8. The molecular weight excluding hydrogens is 769 g/mol. The molecule has 59 heavy (non-hydrogen) atoms. The molecule has 7 rings (SSSR count). The van der Waals surface area contributed by atoms with Gasteiger partial charge in [0.2, 0.25) is 12.6 Å². The highest BCUT2D eigenvalue weighted by atomic mass is 32.2. The summed E-state index contributed by atoms with van der Waals surface area (Å²) in [5, 5.41) is 24.6. The Morgan fingerprint density at radius 2 is 1.71 bits per heavy atom. The molecule has 6 atom stereocenters. The van der Waals surface area contributed by atoms with Crippen LogP contribution < -0.4 is 18.9 Å². The zero-order valence-electron chi connectivity index (χ0n) is 34.5. The predicted molar refractivity (Wildman–Crippen MR) is 229 cm³/mol. The van der Waals surface area contributed by atoms with E-state index < -0.39 is 17.7 Å². The van der Waals surface area contributed by atoms with Crippen LogP contribution in [0.15, 0.2) is 95.0 Å². The zero-order chi connectivity index (χ0) is 41.4. The van der Waals surface area contributed by atoms with Crippen molar-refractivity contribution in [3.05, 3.63) is 96.1 Å². The molecule has 11 nitrogen and oxygen atoms in total. The number of hydrogen-bond acceptors (Lipinski definition) is 11. The van der Waals surface area contributed by atoms with E-state index in [0.29, 0.717) is 67.4 Å². The second kappa shape index (κ2) is 19.7. The Balaban J connectivity index is 1.43. The maximum atomic E-state index is 15.0. The third-order valence-electron chi connectivity index (χ3n) is 12.0. The largest absolute Gasteiger partial charge is 0.459 e. The molecule has 316 valence electrons. The van der Waals surface area contributed by atoms with E-state index in [1.807, 2.05) is 54.5 Å². The van der Waals surface area contributed by atoms with Crippen molar-refractivity contribution in [2.45, 2.75) is 87.9 Å². The molecule has 0 aromatic heterocycles. The van der Waals surface area contributed by atoms with Gasteiger partial charge in [-0.2, -0.15) is 0 Å². The number of thioether (sulfide) groups is 1. The van der Waals surface area contributed by atoms with Gasteiger partial charge in [0.25, 0.3) is 5.91 Å². The summed E-state index contributed by atoms with van der Waals surface area (Å²) >= 11 is 1.68. The van der Waals surface area contributed by atoms with Gasteiger partial charge in [0.05, 0.1) is 18.2 Å². The second-order valence-electron chi connectivity index (χ2n) is 15.5. The smallest absolute Gasteiger partial charge is 0.254 e. The first-order valence-electron chi connectivity index (χ1n) is 21.1. The predicted octanol–water partition coefficient (Wildman–Crippen LogP) is 9.14. The molecule has 2 aliphatic carbocycles. The summed E-state index contributed by atoms with van der Waals surface area (Å²) in [5.41, 5.74) is 3.23. The molecule has 0 spiro atoms. The molecule has 1 saturated carbocycles. The van der Waals surface area contributed by atoms with E-state index in [9.17, 15) is 15.0 Å². The Kier molecular flexibility index (Phi) is 14.2. The summed E-state index contributed by atoms with van der Waals surface area (Å²) < 4.78 is 32.3. The Morgan fingerprint density at radius 1 is 0.966 bits per heavy atom. The SMILES string of the molecule is C=CCO[C@@]12Oc3ccc(Oc4ccc(SC)cc4)cc3[C@H]3[C@H](CCCCO)[C@@H](CCCCO)C=C(C(=NOCC)C[C@@H]1N(CCC)C(=O)c1ccc4c(c1)OCO4)[C@H]32. The topological polar surface area (TPSA) is 129 Å². The minimum atomic E-state index is -1.36. The molecule has 4 aliphatic rings. The van der Waals surface area contributed by atoms with Gasteiger partial charge in [-0.1, -0.05) is 37.1 Å². The number of ether oxygens (including phenoxy) is 5. The minimum Gasteiger partial charge on any atom is -0.459 e. The van der Waals surface area contributed by atoms with Crippen LogP contribution in [0.5, 0.6) is 28.7 Å². The molecule has 0 radical (unpaired) electrons. The number of aliphatic hydroxyl groups is 2. The van der Waals surface area contributed by atoms with Crippen molar-refractivity contribution in [1.82, 2.24) is 4.90 Å². The fraction of sp³-hybridized carbons (Fsp3) is 0.489. The first-order chi connectivity index (χ1) is 28.9. The van der Waals surface area contributed by atoms with E-state index in [1.165, 1.54) is 0 Å². The van der Waals surface area contributed by atoms with Crippen molar-refractivity contribution in [2.75, 3.05) is 46.0 Å². The Labute approximate surface area is 352 Å². The quantitative estimate of drug-likeness (QED) is 0.0493. The lowest BCUT2D eigenvalue weighted by atomic mass is 9.55. The maximum absolute atomic E-state index is 15.0. The lowest BCUT2D eigenvalue weighted by Gasteiger charge is -2.60. The van der Waals surface area contributed by atoms with E-state index in [4.69, 9.17) is 33.7 Å². The van der Waals surface area contributed by atoms with Gasteiger partial charge in [0.1, 0.15) is 29.9 Å². The number of rotatable bonds is 20. The number of unbranched alkanes of at least 4 members (excludes halogenated alkanes) is 2. The minimum absolute atomic E-state index is 0.0933. The number of hydrogen-bond donors (Lipinski definition) is 2. The molecule has 2 aliphatic heterocycles. The molecule has 0 saturated heterocycles. The number of oxime groups is 1. The fourth-order valence-electron chi connectivity index (χ4n) is 9.47. The first-order valence-corrected chi connectivity index (χ1v) is 22.3. The van der Waals surface area contributed by atoms with Gasteiger partial charge in [0, 0.05) is 48.1 Å². The number of nitrogens with zero attached hydrogens (tertiary/aromatic N) is 2. The van der Waals surface area contributed by atoms with Gasteiger partial charge < -0.3 is 43.6 Å². The van der Waals surface area contributed by atoms with Crippen molar-refractivity contribution in [2.24, 2.45) is 22.9 Å². The lowest BCUT2D eigenvalue weighted by Crippen LogP contribution is -2.70. The number of benzene rings is 3. The standard InChI is InChI=1S/C47H58N2O9S/c1-5-22-49(46(52)32-14-20-41-42(27-32)54-30-53-41)43-29-39(48-56-7-3)37-26-31(12-8-10-23-50)36(13-9-11-24-51)44-38-28-34(57-33-15-18-35(59-4)19-16-33)17-21-40(38)58-47(43,45(37)44)55-25-6-2/h6,14-21,26-28,31,36,43-45,50-51H,2,5,7-13,22-25,29-30H2,1,3-4H3/t31-,36+,43-,44+,45+,47+/m0/s1. The highest BCUT2D eigenvalue weighted by Crippen LogP contribution is 2.62. The number of carbonyl (C=O) groups is 1. The first kappa shape index (κ1) is 42.6. The van der Waals surface area contributed by atoms with Gasteiger partial charge in [-0.25, -0.2) is 0 Å². The van der Waals surface area contributed by atoms with Crippen LogP contribution >= 0.6 is 11.8 Å². The van der Waals surface area contributed by atoms with Crippen LogP contribution in [0.1, 0.15) is 87.1 Å². The summed E-state index contributed by atoms with van der Waals surface area (Å²) in [4.78, 5) is 23.9. The van der Waals surface area contributed by atoms with Crippen LogP contribution in [0.2, 0.25) is 0 Å². The maximum Gasteiger partial charge on any atom is 0.254 e. The average molecular weight is 827 g/mol. The molecule has 3 aromatic rings.